The minimum absolute atomic E-state index is 0.0644. The summed E-state index contributed by atoms with van der Waals surface area (Å²) in [4.78, 5) is 20.5. The van der Waals surface area contributed by atoms with Crippen LogP contribution >= 0.6 is 0 Å². The first-order chi connectivity index (χ1) is 5.07. The molecule has 5 N–H and O–H groups in total. The molecule has 0 fully saturated rings. The second-order valence-electron chi connectivity index (χ2n) is 2.01. The molecule has 0 aliphatic rings. The molecular weight excluding hydrogens is 150 g/mol. The van der Waals surface area contributed by atoms with Crippen LogP contribution in [-0.2, 0) is 9.59 Å². The number of amides is 1. The summed E-state index contributed by atoms with van der Waals surface area (Å²) in [5.41, 5.74) is 8.00. The first kappa shape index (κ1) is 9.86. The van der Waals surface area contributed by atoms with Gasteiger partial charge in [0, 0.05) is 6.42 Å². The normalized spacial score (nSPS) is 12.2. The number of rotatable bonds is 4. The van der Waals surface area contributed by atoms with Crippen LogP contribution < -0.4 is 17.0 Å². The molecule has 0 aromatic carbocycles. The van der Waals surface area contributed by atoms with Gasteiger partial charge in [-0.1, -0.05) is 0 Å². The summed E-state index contributed by atoms with van der Waals surface area (Å²) in [7, 11) is 0. The minimum Gasteiger partial charge on any atom is -0.481 e. The number of hydrogen-bond acceptors (Lipinski definition) is 4. The minimum atomic E-state index is -0.995. The van der Waals surface area contributed by atoms with E-state index in [-0.39, 0.29) is 12.8 Å². The second kappa shape index (κ2) is 4.64. The van der Waals surface area contributed by atoms with E-state index in [2.05, 4.69) is 11.3 Å². The summed E-state index contributed by atoms with van der Waals surface area (Å²) in [5, 5.41) is 8.19. The van der Waals surface area contributed by atoms with Gasteiger partial charge >= 0.3 is 5.97 Å². The van der Waals surface area contributed by atoms with Crippen LogP contribution in [0, 0.1) is 0 Å². The van der Waals surface area contributed by atoms with E-state index in [0.717, 1.165) is 0 Å². The Labute approximate surface area is 63.5 Å². The van der Waals surface area contributed by atoms with Gasteiger partial charge in [0.05, 0.1) is 6.04 Å². The molecule has 0 aromatic heterocycles. The highest BCUT2D eigenvalue weighted by Gasteiger charge is 2.13. The Kier molecular flexibility index (Phi) is 4.16. The van der Waals surface area contributed by atoms with Crippen molar-refractivity contribution in [3.63, 3.8) is 0 Å². The fourth-order valence-electron chi connectivity index (χ4n) is 0.498. The molecule has 0 spiro atoms. The van der Waals surface area contributed by atoms with Crippen LogP contribution in [-0.4, -0.2) is 23.0 Å². The molecule has 0 aromatic rings. The van der Waals surface area contributed by atoms with Crippen LogP contribution in [0.4, 0.5) is 0 Å². The van der Waals surface area contributed by atoms with E-state index in [0.29, 0.717) is 0 Å². The second-order valence-corrected chi connectivity index (χ2v) is 2.01. The quantitative estimate of drug-likeness (QED) is 0.254. The Morgan fingerprint density at radius 2 is 2.09 bits per heavy atom. The van der Waals surface area contributed by atoms with E-state index < -0.39 is 17.9 Å². The van der Waals surface area contributed by atoms with E-state index in [4.69, 9.17) is 10.8 Å². The van der Waals surface area contributed by atoms with Gasteiger partial charge in [-0.05, 0) is 6.42 Å². The van der Waals surface area contributed by atoms with E-state index in [1.165, 1.54) is 0 Å². The molecule has 0 saturated heterocycles. The summed E-state index contributed by atoms with van der Waals surface area (Å²) in [6.45, 7) is 0. The summed E-state index contributed by atoms with van der Waals surface area (Å²) >= 11 is 0. The predicted molar refractivity (Wildman–Crippen MR) is 36.2 cm³/mol. The summed E-state index contributed by atoms with van der Waals surface area (Å²) < 4.78 is 0. The lowest BCUT2D eigenvalue weighted by Crippen LogP contribution is -2.39. The van der Waals surface area contributed by atoms with Gasteiger partial charge in [0.15, 0.2) is 0 Å². The maximum atomic E-state index is 10.5. The van der Waals surface area contributed by atoms with Crippen molar-refractivity contribution in [1.29, 1.82) is 0 Å². The molecule has 63 valence electrons. The summed E-state index contributed by atoms with van der Waals surface area (Å²) in [5.74, 6) is 2.96. The van der Waals surface area contributed by atoms with Crippen molar-refractivity contribution < 1.29 is 14.7 Å². The van der Waals surface area contributed by atoms with Gasteiger partial charge in [-0.15, -0.1) is 0 Å². The monoisotopic (exact) mass is 160 g/mol. The third-order valence-electron chi connectivity index (χ3n) is 1.11. The zero-order chi connectivity index (χ0) is 8.85. The highest BCUT2D eigenvalue weighted by Crippen LogP contribution is 1.93. The van der Waals surface area contributed by atoms with Gasteiger partial charge in [0.25, 0.3) is 5.91 Å². The first-order valence-corrected chi connectivity index (χ1v) is 3.00. The molecule has 1 unspecified atom stereocenters. The molecule has 0 heterocycles. The predicted octanol–water partition coefficient (Wildman–Crippen LogP) is -1.82. The standard InChI is InChI=1S/C5H10N3O3/c6-3(5(11)8-7)1-2-4(9)10/h3H,1-2,6-7H2,(H,9,10). The zero-order valence-corrected chi connectivity index (χ0v) is 5.86. The van der Waals surface area contributed by atoms with Gasteiger partial charge in [-0.3, -0.25) is 9.59 Å². The van der Waals surface area contributed by atoms with Crippen LogP contribution in [0.15, 0.2) is 0 Å². The highest BCUT2D eigenvalue weighted by molar-refractivity contribution is 5.81. The molecule has 6 heteroatoms. The molecule has 6 nitrogen and oxygen atoms in total. The molecule has 0 aliphatic heterocycles. The molecule has 0 bridgehead atoms. The number of carbonyl (C=O) groups is 2. The van der Waals surface area contributed by atoms with Gasteiger partial charge in [0.2, 0.25) is 0 Å². The van der Waals surface area contributed by atoms with Crippen molar-refractivity contribution in [2.24, 2.45) is 11.6 Å². The van der Waals surface area contributed by atoms with E-state index >= 15 is 0 Å². The van der Waals surface area contributed by atoms with E-state index in [1.807, 2.05) is 0 Å². The van der Waals surface area contributed by atoms with Gasteiger partial charge in [-0.2, -0.15) is 5.43 Å². The lowest BCUT2D eigenvalue weighted by atomic mass is 10.1. The number of carbonyl (C=O) groups excluding carboxylic acids is 1. The lowest BCUT2D eigenvalue weighted by molar-refractivity contribution is -0.137. The largest absolute Gasteiger partial charge is 0.481 e. The molecule has 0 saturated carbocycles. The van der Waals surface area contributed by atoms with Crippen molar-refractivity contribution in [2.75, 3.05) is 0 Å². The Morgan fingerprint density at radius 3 is 2.45 bits per heavy atom. The highest BCUT2D eigenvalue weighted by atomic mass is 16.4. The average molecular weight is 160 g/mol. The summed E-state index contributed by atoms with van der Waals surface area (Å²) in [6.07, 6.45) is -0.0860. The van der Waals surface area contributed by atoms with Crippen molar-refractivity contribution in [3.8, 4) is 0 Å². The molecule has 0 aliphatic carbocycles. The van der Waals surface area contributed by atoms with Crippen molar-refractivity contribution in [3.05, 3.63) is 0 Å². The Hall–Kier alpha value is -1.14. The molecule has 1 atom stereocenters. The topological polar surface area (TPSA) is 121 Å². The Balaban J connectivity index is 3.60. The first-order valence-electron chi connectivity index (χ1n) is 3.00. The van der Waals surface area contributed by atoms with Crippen LogP contribution in [0.25, 0.3) is 0 Å². The molecule has 1 radical (unpaired) electrons. The Morgan fingerprint density at radius 1 is 1.55 bits per heavy atom. The number of nitrogens with zero attached hydrogens (tertiary/aromatic N) is 1. The third-order valence-corrected chi connectivity index (χ3v) is 1.11. The Bertz CT molecular complexity index is 159. The van der Waals surface area contributed by atoms with Gasteiger partial charge < -0.3 is 10.8 Å². The fourth-order valence-corrected chi connectivity index (χ4v) is 0.498. The maximum absolute atomic E-state index is 10.5. The fraction of sp³-hybridized carbons (Fsp3) is 0.600. The van der Waals surface area contributed by atoms with Crippen molar-refractivity contribution in [2.45, 2.75) is 18.9 Å². The van der Waals surface area contributed by atoms with Crippen molar-refractivity contribution in [1.82, 2.24) is 5.43 Å². The molecule has 11 heavy (non-hydrogen) atoms. The zero-order valence-electron chi connectivity index (χ0n) is 5.86. The van der Waals surface area contributed by atoms with Crippen LogP contribution in [0.1, 0.15) is 12.8 Å². The molecular formula is C5H10N3O3. The van der Waals surface area contributed by atoms with E-state index in [9.17, 15) is 9.59 Å². The number of nitrogens with two attached hydrogens (primary N) is 2. The number of hydrogen-bond donors (Lipinski definition) is 3. The third kappa shape index (κ3) is 4.29. The number of carboxylic acids is 1. The SMILES string of the molecule is N[N]C(=O)C(N)CCC(=O)O. The average Bonchev–Trinajstić information content (AvgIpc) is 1.98. The molecule has 0 rings (SSSR count). The van der Waals surface area contributed by atoms with E-state index in [1.54, 1.807) is 0 Å². The van der Waals surface area contributed by atoms with Crippen molar-refractivity contribution >= 4 is 11.9 Å². The smallest absolute Gasteiger partial charge is 0.303 e. The summed E-state index contributed by atoms with van der Waals surface area (Å²) in [6, 6.07) is -0.893. The van der Waals surface area contributed by atoms with Crippen LogP contribution in [0.5, 0.6) is 0 Å². The number of aliphatic carboxylic acids is 1. The van der Waals surface area contributed by atoms with Crippen LogP contribution in [0.3, 0.4) is 0 Å². The lowest BCUT2D eigenvalue weighted by Gasteiger charge is -2.04. The molecule has 1 amide bonds. The van der Waals surface area contributed by atoms with Crippen LogP contribution in [0.2, 0.25) is 0 Å². The number of carboxylic acid groups (broad SMARTS) is 1. The van der Waals surface area contributed by atoms with Gasteiger partial charge in [0.1, 0.15) is 0 Å². The maximum Gasteiger partial charge on any atom is 0.303 e. The van der Waals surface area contributed by atoms with Gasteiger partial charge in [-0.25, -0.2) is 5.84 Å².